The molecule has 0 amide bonds. The minimum atomic E-state index is -0.622. The number of unbranched alkanes of at least 4 members (excludes halogenated alkanes) is 3. The van der Waals surface area contributed by atoms with Gasteiger partial charge in [-0.2, -0.15) is 0 Å². The van der Waals surface area contributed by atoms with E-state index in [9.17, 15) is 19.5 Å². The van der Waals surface area contributed by atoms with E-state index in [1.165, 1.54) is 31.0 Å². The first-order valence-electron chi connectivity index (χ1n) is 13.9. The quantitative estimate of drug-likeness (QED) is 0.0596. The summed E-state index contributed by atoms with van der Waals surface area (Å²) in [6.45, 7) is 5.80. The molecule has 0 saturated carbocycles. The number of hydrogen-bond acceptors (Lipinski definition) is 9. The maximum atomic E-state index is 12.7. The van der Waals surface area contributed by atoms with Crippen molar-refractivity contribution < 1.29 is 38.4 Å². The maximum Gasteiger partial charge on any atom is 0.343 e. The van der Waals surface area contributed by atoms with Crippen LogP contribution in [-0.2, 0) is 16.1 Å². The highest BCUT2D eigenvalue weighted by molar-refractivity contribution is 7.99. The van der Waals surface area contributed by atoms with E-state index in [1.54, 1.807) is 48.2 Å². The Hall–Kier alpha value is -4.08. The number of carbonyl (C=O) groups is 3. The molecule has 0 aliphatic carbocycles. The van der Waals surface area contributed by atoms with E-state index >= 15 is 0 Å². The van der Waals surface area contributed by atoms with Crippen LogP contribution in [0.5, 0.6) is 17.2 Å². The van der Waals surface area contributed by atoms with Crippen molar-refractivity contribution in [1.29, 1.82) is 0 Å². The second-order valence-electron chi connectivity index (χ2n) is 9.24. The van der Waals surface area contributed by atoms with Crippen LogP contribution in [0.4, 0.5) is 0 Å². The van der Waals surface area contributed by atoms with E-state index in [0.717, 1.165) is 23.1 Å². The molecule has 0 unspecified atom stereocenters. The molecule has 0 aromatic heterocycles. The fourth-order valence-corrected chi connectivity index (χ4v) is 4.63. The van der Waals surface area contributed by atoms with Gasteiger partial charge in [0.1, 0.15) is 17.2 Å². The number of carbonyl (C=O) groups excluding carboxylic acids is 3. The summed E-state index contributed by atoms with van der Waals surface area (Å²) in [5.74, 6) is 0.525. The molecule has 0 atom stereocenters. The monoisotopic (exact) mass is 592 g/mol. The van der Waals surface area contributed by atoms with Gasteiger partial charge < -0.3 is 24.1 Å². The van der Waals surface area contributed by atoms with Crippen LogP contribution in [0.25, 0.3) is 0 Å². The van der Waals surface area contributed by atoms with Crippen LogP contribution in [0, 0.1) is 0 Å². The second kappa shape index (κ2) is 17.7. The van der Waals surface area contributed by atoms with E-state index in [4.69, 9.17) is 18.9 Å². The van der Waals surface area contributed by atoms with Gasteiger partial charge in [0.15, 0.2) is 0 Å². The molecule has 3 aromatic carbocycles. The summed E-state index contributed by atoms with van der Waals surface area (Å²) in [6.07, 6.45) is 6.02. The van der Waals surface area contributed by atoms with E-state index in [0.29, 0.717) is 37.6 Å². The Morgan fingerprint density at radius 1 is 0.810 bits per heavy atom. The smallest absolute Gasteiger partial charge is 0.343 e. The summed E-state index contributed by atoms with van der Waals surface area (Å²) in [4.78, 5) is 37.5. The number of esters is 3. The Bertz CT molecular complexity index is 1320. The Kier molecular flexibility index (Phi) is 13.6. The van der Waals surface area contributed by atoms with E-state index in [-0.39, 0.29) is 22.4 Å². The fraction of sp³-hybridized carbons (Fsp3) is 0.303. The molecule has 42 heavy (non-hydrogen) atoms. The largest absolute Gasteiger partial charge is 0.494 e. The topological polar surface area (TPSA) is 108 Å². The van der Waals surface area contributed by atoms with Crippen LogP contribution in [0.1, 0.15) is 65.3 Å². The third-order valence-corrected chi connectivity index (χ3v) is 7.13. The van der Waals surface area contributed by atoms with Gasteiger partial charge in [-0.15, -0.1) is 11.8 Å². The summed E-state index contributed by atoms with van der Waals surface area (Å²) in [5.41, 5.74) is 0.783. The highest BCUT2D eigenvalue weighted by atomic mass is 32.2. The van der Waals surface area contributed by atoms with Crippen molar-refractivity contribution in [2.24, 2.45) is 0 Å². The lowest BCUT2D eigenvalue weighted by Gasteiger charge is -2.11. The van der Waals surface area contributed by atoms with Crippen molar-refractivity contribution in [3.63, 3.8) is 0 Å². The van der Waals surface area contributed by atoms with Crippen molar-refractivity contribution in [2.45, 2.75) is 50.5 Å². The van der Waals surface area contributed by atoms with Crippen molar-refractivity contribution in [3.8, 4) is 17.2 Å². The van der Waals surface area contributed by atoms with Crippen molar-refractivity contribution in [3.05, 3.63) is 96.1 Å². The SMILES string of the molecule is C=CC(=O)OCCCCOc1ccc(C(=O)Oc2ccc(C(=O)Oc3ccc(SCCCCC)cc3)cc2CO)cc1. The maximum absolute atomic E-state index is 12.7. The Morgan fingerprint density at radius 2 is 1.48 bits per heavy atom. The molecule has 8 nitrogen and oxygen atoms in total. The van der Waals surface area contributed by atoms with Crippen molar-refractivity contribution >= 4 is 29.7 Å². The number of thioether (sulfide) groups is 1. The molecule has 3 rings (SSSR count). The van der Waals surface area contributed by atoms with Gasteiger partial charge in [-0.05, 0) is 91.7 Å². The molecule has 1 N–H and O–H groups in total. The summed E-state index contributed by atoms with van der Waals surface area (Å²) >= 11 is 1.77. The number of benzene rings is 3. The van der Waals surface area contributed by atoms with Gasteiger partial charge in [0.2, 0.25) is 0 Å². The highest BCUT2D eigenvalue weighted by Gasteiger charge is 2.16. The number of aliphatic hydroxyl groups excluding tert-OH is 1. The first-order chi connectivity index (χ1) is 20.4. The molecule has 222 valence electrons. The lowest BCUT2D eigenvalue weighted by molar-refractivity contribution is -0.137. The van der Waals surface area contributed by atoms with E-state index < -0.39 is 24.5 Å². The van der Waals surface area contributed by atoms with Gasteiger partial charge >= 0.3 is 17.9 Å². The van der Waals surface area contributed by atoms with Crippen LogP contribution in [0.2, 0.25) is 0 Å². The molecule has 0 spiro atoms. The average molecular weight is 593 g/mol. The number of aliphatic hydroxyl groups is 1. The lowest BCUT2D eigenvalue weighted by atomic mass is 10.1. The van der Waals surface area contributed by atoms with Crippen LogP contribution in [-0.4, -0.2) is 42.0 Å². The van der Waals surface area contributed by atoms with Crippen LogP contribution in [0.15, 0.2) is 84.3 Å². The molecule has 9 heteroatoms. The van der Waals surface area contributed by atoms with Crippen LogP contribution < -0.4 is 14.2 Å². The minimum Gasteiger partial charge on any atom is -0.494 e. The highest BCUT2D eigenvalue weighted by Crippen LogP contribution is 2.25. The van der Waals surface area contributed by atoms with Gasteiger partial charge in [-0.25, -0.2) is 14.4 Å². The molecule has 0 aliphatic rings. The van der Waals surface area contributed by atoms with Gasteiger partial charge in [0, 0.05) is 16.5 Å². The zero-order valence-corrected chi connectivity index (χ0v) is 24.5. The van der Waals surface area contributed by atoms with E-state index in [2.05, 4.69) is 13.5 Å². The Labute approximate surface area is 250 Å². The van der Waals surface area contributed by atoms with Gasteiger partial charge in [0.05, 0.1) is 30.9 Å². The first kappa shape index (κ1) is 32.4. The predicted molar refractivity (Wildman–Crippen MR) is 161 cm³/mol. The summed E-state index contributed by atoms with van der Waals surface area (Å²) in [6, 6.07) is 18.2. The van der Waals surface area contributed by atoms with Crippen LogP contribution >= 0.6 is 11.8 Å². The minimum absolute atomic E-state index is 0.140. The van der Waals surface area contributed by atoms with Crippen molar-refractivity contribution in [1.82, 2.24) is 0 Å². The lowest BCUT2D eigenvalue weighted by Crippen LogP contribution is -2.12. The molecular formula is C33H36O8S. The third-order valence-electron chi connectivity index (χ3n) is 6.03. The fourth-order valence-electron chi connectivity index (χ4n) is 3.71. The normalized spacial score (nSPS) is 10.5. The average Bonchev–Trinajstić information content (AvgIpc) is 3.02. The first-order valence-corrected chi connectivity index (χ1v) is 14.8. The Morgan fingerprint density at radius 3 is 2.17 bits per heavy atom. The van der Waals surface area contributed by atoms with Crippen molar-refractivity contribution in [2.75, 3.05) is 19.0 Å². The Balaban J connectivity index is 1.50. The molecule has 0 heterocycles. The molecule has 0 fully saturated rings. The second-order valence-corrected chi connectivity index (χ2v) is 10.4. The molecule has 0 saturated heterocycles. The zero-order valence-electron chi connectivity index (χ0n) is 23.7. The predicted octanol–water partition coefficient (Wildman–Crippen LogP) is 6.79. The summed E-state index contributed by atoms with van der Waals surface area (Å²) < 4.78 is 21.5. The number of ether oxygens (including phenoxy) is 4. The number of hydrogen-bond donors (Lipinski definition) is 1. The molecule has 3 aromatic rings. The van der Waals surface area contributed by atoms with Gasteiger partial charge in [0.25, 0.3) is 0 Å². The van der Waals surface area contributed by atoms with Crippen LogP contribution in [0.3, 0.4) is 0 Å². The molecular weight excluding hydrogens is 556 g/mol. The molecule has 0 bridgehead atoms. The summed E-state index contributed by atoms with van der Waals surface area (Å²) in [5, 5.41) is 9.85. The van der Waals surface area contributed by atoms with Gasteiger partial charge in [-0.3, -0.25) is 0 Å². The molecule has 0 aliphatic heterocycles. The molecule has 0 radical (unpaired) electrons. The summed E-state index contributed by atoms with van der Waals surface area (Å²) in [7, 11) is 0. The standard InChI is InChI=1S/C33H36O8S/c1-3-5-8-21-42-29-16-14-28(15-17-29)40-33(37)25-11-18-30(26(22-25)23-34)41-32(36)24-9-12-27(13-10-24)38-19-6-7-20-39-31(35)4-2/h4,9-18,22,34H,2-3,5-8,19-21,23H2,1H3. The van der Waals surface area contributed by atoms with E-state index in [1.807, 2.05) is 12.1 Å². The number of rotatable bonds is 17. The zero-order chi connectivity index (χ0) is 30.2. The van der Waals surface area contributed by atoms with Gasteiger partial charge in [-0.1, -0.05) is 26.3 Å². The third kappa shape index (κ3) is 10.7.